The summed E-state index contributed by atoms with van der Waals surface area (Å²) in [6.07, 6.45) is 2.72. The summed E-state index contributed by atoms with van der Waals surface area (Å²) in [5.74, 6) is -0.0942. The SMILES string of the molecule is C=C1NC(=O)c2ccc(N3CCC(c4noc5cc(F)ccc45)CC3)c(CC)c21. The van der Waals surface area contributed by atoms with Crippen molar-refractivity contribution < 1.29 is 13.7 Å². The monoisotopic (exact) mass is 391 g/mol. The van der Waals surface area contributed by atoms with Gasteiger partial charge in [0, 0.05) is 53.0 Å². The fourth-order valence-electron chi connectivity index (χ4n) is 4.71. The molecule has 1 aromatic heterocycles. The number of amides is 1. The highest BCUT2D eigenvalue weighted by Gasteiger charge is 2.30. The molecule has 148 valence electrons. The molecule has 5 nitrogen and oxygen atoms in total. The molecule has 3 aromatic rings. The lowest BCUT2D eigenvalue weighted by atomic mass is 9.90. The Labute approximate surface area is 168 Å². The van der Waals surface area contributed by atoms with Crippen LogP contribution in [-0.4, -0.2) is 24.2 Å². The Morgan fingerprint density at radius 3 is 2.83 bits per heavy atom. The van der Waals surface area contributed by atoms with Crippen LogP contribution in [0.2, 0.25) is 0 Å². The van der Waals surface area contributed by atoms with Crippen LogP contribution >= 0.6 is 0 Å². The van der Waals surface area contributed by atoms with Gasteiger partial charge in [-0.05, 0) is 49.1 Å². The molecule has 0 atom stereocenters. The molecule has 2 aliphatic rings. The van der Waals surface area contributed by atoms with Gasteiger partial charge >= 0.3 is 0 Å². The standard InChI is InChI=1S/C23H22FN3O2/c1-3-16-19(7-6-18-21(16)13(2)25-23(18)28)27-10-8-14(9-11-27)22-17-5-4-15(24)12-20(17)29-26-22/h4-7,12,14H,2-3,8-11H2,1H3,(H,25,28). The zero-order valence-corrected chi connectivity index (χ0v) is 16.3. The lowest BCUT2D eigenvalue weighted by Gasteiger charge is -2.34. The molecule has 0 saturated carbocycles. The minimum absolute atomic E-state index is 0.0701. The van der Waals surface area contributed by atoms with E-state index in [1.807, 2.05) is 6.07 Å². The fourth-order valence-corrected chi connectivity index (χ4v) is 4.71. The number of aromatic nitrogens is 1. The van der Waals surface area contributed by atoms with Gasteiger partial charge in [0.1, 0.15) is 5.82 Å². The number of hydrogen-bond acceptors (Lipinski definition) is 4. The molecule has 1 fully saturated rings. The van der Waals surface area contributed by atoms with Gasteiger partial charge in [0.2, 0.25) is 0 Å². The van der Waals surface area contributed by atoms with Crippen LogP contribution in [0.4, 0.5) is 10.1 Å². The topological polar surface area (TPSA) is 58.4 Å². The molecular formula is C23H22FN3O2. The van der Waals surface area contributed by atoms with Gasteiger partial charge in [-0.25, -0.2) is 4.39 Å². The van der Waals surface area contributed by atoms with Crippen molar-refractivity contribution in [3.8, 4) is 0 Å². The molecule has 3 heterocycles. The fraction of sp³-hybridized carbons (Fsp3) is 0.304. The molecule has 0 unspecified atom stereocenters. The van der Waals surface area contributed by atoms with E-state index in [1.165, 1.54) is 23.4 Å². The Morgan fingerprint density at radius 2 is 2.07 bits per heavy atom. The van der Waals surface area contributed by atoms with E-state index in [0.29, 0.717) is 16.8 Å². The van der Waals surface area contributed by atoms with Crippen LogP contribution < -0.4 is 10.2 Å². The molecular weight excluding hydrogens is 369 g/mol. The Balaban J connectivity index is 1.40. The summed E-state index contributed by atoms with van der Waals surface area (Å²) in [4.78, 5) is 14.5. The first-order valence-corrected chi connectivity index (χ1v) is 10.0. The zero-order chi connectivity index (χ0) is 20.1. The maximum Gasteiger partial charge on any atom is 0.256 e. The molecule has 2 aromatic carbocycles. The van der Waals surface area contributed by atoms with Crippen LogP contribution in [0.3, 0.4) is 0 Å². The number of rotatable bonds is 3. The summed E-state index contributed by atoms with van der Waals surface area (Å²) in [5, 5.41) is 7.98. The predicted octanol–water partition coefficient (Wildman–Crippen LogP) is 4.63. The van der Waals surface area contributed by atoms with Crippen molar-refractivity contribution in [1.29, 1.82) is 0 Å². The number of nitrogens with one attached hydrogen (secondary N) is 1. The van der Waals surface area contributed by atoms with Crippen LogP contribution in [0, 0.1) is 5.82 Å². The summed E-state index contributed by atoms with van der Waals surface area (Å²) in [6.45, 7) is 7.92. The molecule has 0 radical (unpaired) electrons. The smallest absolute Gasteiger partial charge is 0.256 e. The molecule has 2 aliphatic heterocycles. The number of carbonyl (C=O) groups excluding carboxylic acids is 1. The molecule has 1 N–H and O–H groups in total. The average Bonchev–Trinajstić information content (AvgIpc) is 3.27. The maximum atomic E-state index is 13.4. The normalized spacial score (nSPS) is 17.1. The van der Waals surface area contributed by atoms with Crippen LogP contribution in [0.1, 0.15) is 52.9 Å². The van der Waals surface area contributed by atoms with Crippen molar-refractivity contribution in [2.45, 2.75) is 32.1 Å². The van der Waals surface area contributed by atoms with Gasteiger partial charge in [-0.2, -0.15) is 0 Å². The number of anilines is 1. The molecule has 5 rings (SSSR count). The van der Waals surface area contributed by atoms with Crippen molar-refractivity contribution in [2.75, 3.05) is 18.0 Å². The third kappa shape index (κ3) is 2.82. The van der Waals surface area contributed by atoms with Gasteiger partial charge in [-0.15, -0.1) is 0 Å². The second-order valence-electron chi connectivity index (χ2n) is 7.74. The van der Waals surface area contributed by atoms with Crippen molar-refractivity contribution in [3.05, 3.63) is 65.1 Å². The molecule has 6 heteroatoms. The van der Waals surface area contributed by atoms with E-state index in [0.717, 1.165) is 49.0 Å². The zero-order valence-electron chi connectivity index (χ0n) is 16.3. The van der Waals surface area contributed by atoms with Crippen LogP contribution in [0.5, 0.6) is 0 Å². The minimum Gasteiger partial charge on any atom is -0.371 e. The van der Waals surface area contributed by atoms with Gasteiger partial charge in [0.15, 0.2) is 5.58 Å². The Kier molecular flexibility index (Phi) is 4.15. The van der Waals surface area contributed by atoms with Gasteiger partial charge in [0.05, 0.1) is 5.69 Å². The number of piperidine rings is 1. The van der Waals surface area contributed by atoms with Crippen LogP contribution in [-0.2, 0) is 6.42 Å². The molecule has 0 bridgehead atoms. The number of nitrogens with zero attached hydrogens (tertiary/aromatic N) is 2. The van der Waals surface area contributed by atoms with Crippen LogP contribution in [0.25, 0.3) is 16.7 Å². The highest BCUT2D eigenvalue weighted by Crippen LogP contribution is 2.38. The van der Waals surface area contributed by atoms with E-state index < -0.39 is 0 Å². The predicted molar refractivity (Wildman–Crippen MR) is 110 cm³/mol. The van der Waals surface area contributed by atoms with Gasteiger partial charge in [-0.1, -0.05) is 18.7 Å². The summed E-state index contributed by atoms with van der Waals surface area (Å²) in [6, 6.07) is 8.57. The number of fused-ring (bicyclic) bond motifs is 2. The van der Waals surface area contributed by atoms with E-state index in [9.17, 15) is 9.18 Å². The highest BCUT2D eigenvalue weighted by molar-refractivity contribution is 6.10. The first-order chi connectivity index (χ1) is 14.1. The number of carbonyl (C=O) groups is 1. The number of hydrogen-bond donors (Lipinski definition) is 1. The van der Waals surface area contributed by atoms with Gasteiger partial charge in [0.25, 0.3) is 5.91 Å². The Bertz CT molecular complexity index is 1140. The number of halogens is 1. The van der Waals surface area contributed by atoms with Crippen molar-refractivity contribution >= 4 is 28.3 Å². The van der Waals surface area contributed by atoms with Crippen molar-refractivity contribution in [1.82, 2.24) is 10.5 Å². The van der Waals surface area contributed by atoms with Crippen molar-refractivity contribution in [2.24, 2.45) is 0 Å². The summed E-state index contributed by atoms with van der Waals surface area (Å²) in [5.41, 5.74) is 6.15. The second kappa shape index (κ2) is 6.72. The minimum atomic E-state index is -0.312. The van der Waals surface area contributed by atoms with E-state index in [4.69, 9.17) is 4.52 Å². The van der Waals surface area contributed by atoms with Gasteiger partial charge < -0.3 is 14.7 Å². The van der Waals surface area contributed by atoms with Gasteiger partial charge in [-0.3, -0.25) is 4.79 Å². The lowest BCUT2D eigenvalue weighted by molar-refractivity contribution is 0.0981. The van der Waals surface area contributed by atoms with Crippen molar-refractivity contribution in [3.63, 3.8) is 0 Å². The molecule has 1 saturated heterocycles. The Hall–Kier alpha value is -3.15. The Morgan fingerprint density at radius 1 is 1.28 bits per heavy atom. The second-order valence-corrected chi connectivity index (χ2v) is 7.74. The third-order valence-corrected chi connectivity index (χ3v) is 6.14. The largest absolute Gasteiger partial charge is 0.371 e. The summed E-state index contributed by atoms with van der Waals surface area (Å²) < 4.78 is 18.8. The van der Waals surface area contributed by atoms with E-state index in [-0.39, 0.29) is 17.6 Å². The summed E-state index contributed by atoms with van der Waals surface area (Å²) >= 11 is 0. The molecule has 29 heavy (non-hydrogen) atoms. The first kappa shape index (κ1) is 17.9. The van der Waals surface area contributed by atoms with E-state index >= 15 is 0 Å². The summed E-state index contributed by atoms with van der Waals surface area (Å²) in [7, 11) is 0. The third-order valence-electron chi connectivity index (χ3n) is 6.14. The van der Waals surface area contributed by atoms with E-state index in [1.54, 1.807) is 6.07 Å². The van der Waals surface area contributed by atoms with Crippen LogP contribution in [0.15, 0.2) is 41.4 Å². The first-order valence-electron chi connectivity index (χ1n) is 10.0. The number of benzene rings is 2. The highest BCUT2D eigenvalue weighted by atomic mass is 19.1. The quantitative estimate of drug-likeness (QED) is 0.707. The molecule has 1 amide bonds. The molecule has 0 spiro atoms. The average molecular weight is 391 g/mol. The maximum absolute atomic E-state index is 13.4. The van der Waals surface area contributed by atoms with E-state index in [2.05, 4.69) is 34.9 Å². The lowest BCUT2D eigenvalue weighted by Crippen LogP contribution is -2.33. The molecule has 0 aliphatic carbocycles.